The predicted octanol–water partition coefficient (Wildman–Crippen LogP) is 5.27. The average molecular weight is 339 g/mol. The number of rotatable bonds is 3. The lowest BCUT2D eigenvalue weighted by Crippen LogP contribution is -1.82. The molecule has 0 N–H and O–H groups in total. The van der Waals surface area contributed by atoms with Crippen molar-refractivity contribution in [3.63, 3.8) is 0 Å². The lowest BCUT2D eigenvalue weighted by Gasteiger charge is -2.04. The molecule has 0 amide bonds. The standard InChI is InChI=1S/C14H9BrClNS/c15-12-5-11(8-17)6-14(7-12)18-9-10-1-3-13(16)4-2-10/h1-7H,9H2. The first-order valence-electron chi connectivity index (χ1n) is 5.25. The first kappa shape index (κ1) is 13.5. The average Bonchev–Trinajstić information content (AvgIpc) is 2.37. The lowest BCUT2D eigenvalue weighted by atomic mass is 10.2. The van der Waals surface area contributed by atoms with Crippen LogP contribution in [0.15, 0.2) is 51.8 Å². The van der Waals surface area contributed by atoms with Gasteiger partial charge >= 0.3 is 0 Å². The van der Waals surface area contributed by atoms with Crippen molar-refractivity contribution in [2.45, 2.75) is 10.6 Å². The van der Waals surface area contributed by atoms with Crippen LogP contribution in [-0.4, -0.2) is 0 Å². The van der Waals surface area contributed by atoms with Crippen LogP contribution in [0, 0.1) is 11.3 Å². The maximum absolute atomic E-state index is 8.91. The van der Waals surface area contributed by atoms with Gasteiger partial charge in [0, 0.05) is 20.1 Å². The molecule has 0 unspecified atom stereocenters. The van der Waals surface area contributed by atoms with Crippen molar-refractivity contribution >= 4 is 39.3 Å². The molecule has 0 aromatic heterocycles. The molecule has 0 bridgehead atoms. The van der Waals surface area contributed by atoms with E-state index in [2.05, 4.69) is 22.0 Å². The van der Waals surface area contributed by atoms with E-state index in [9.17, 15) is 0 Å². The van der Waals surface area contributed by atoms with Gasteiger partial charge in [-0.15, -0.1) is 11.8 Å². The zero-order chi connectivity index (χ0) is 13.0. The summed E-state index contributed by atoms with van der Waals surface area (Å²) in [6, 6.07) is 15.7. The van der Waals surface area contributed by atoms with Crippen LogP contribution < -0.4 is 0 Å². The van der Waals surface area contributed by atoms with E-state index in [1.54, 1.807) is 11.8 Å². The quantitative estimate of drug-likeness (QED) is 0.712. The van der Waals surface area contributed by atoms with E-state index >= 15 is 0 Å². The molecule has 0 saturated carbocycles. The number of thioether (sulfide) groups is 1. The highest BCUT2D eigenvalue weighted by Gasteiger charge is 2.01. The van der Waals surface area contributed by atoms with Crippen LogP contribution in [-0.2, 0) is 5.75 Å². The second-order valence-corrected chi connectivity index (χ2v) is 6.10. The van der Waals surface area contributed by atoms with E-state index in [4.69, 9.17) is 16.9 Å². The fourth-order valence-electron chi connectivity index (χ4n) is 1.46. The Morgan fingerprint density at radius 1 is 1.17 bits per heavy atom. The molecule has 0 fully saturated rings. The maximum atomic E-state index is 8.91. The number of nitrogens with zero attached hydrogens (tertiary/aromatic N) is 1. The molecule has 2 aromatic carbocycles. The van der Waals surface area contributed by atoms with Crippen molar-refractivity contribution in [3.8, 4) is 6.07 Å². The number of halogens is 2. The zero-order valence-corrected chi connectivity index (χ0v) is 12.5. The molecule has 0 atom stereocenters. The van der Waals surface area contributed by atoms with E-state index in [0.717, 1.165) is 20.1 Å². The van der Waals surface area contributed by atoms with Crippen LogP contribution >= 0.6 is 39.3 Å². The summed E-state index contributed by atoms with van der Waals surface area (Å²) in [5.74, 6) is 0.860. The third kappa shape index (κ3) is 3.78. The Morgan fingerprint density at radius 3 is 2.56 bits per heavy atom. The first-order valence-corrected chi connectivity index (χ1v) is 7.41. The van der Waals surface area contributed by atoms with Gasteiger partial charge in [-0.25, -0.2) is 0 Å². The molecular weight excluding hydrogens is 330 g/mol. The maximum Gasteiger partial charge on any atom is 0.0992 e. The summed E-state index contributed by atoms with van der Waals surface area (Å²) in [6.07, 6.45) is 0. The third-order valence-electron chi connectivity index (χ3n) is 2.32. The molecule has 0 saturated heterocycles. The van der Waals surface area contributed by atoms with Gasteiger partial charge in [-0.2, -0.15) is 5.26 Å². The highest BCUT2D eigenvalue weighted by Crippen LogP contribution is 2.27. The van der Waals surface area contributed by atoms with Gasteiger partial charge in [-0.1, -0.05) is 39.7 Å². The predicted molar refractivity (Wildman–Crippen MR) is 79.9 cm³/mol. The van der Waals surface area contributed by atoms with Crippen LogP contribution in [0.3, 0.4) is 0 Å². The summed E-state index contributed by atoms with van der Waals surface area (Å²) in [4.78, 5) is 1.08. The Kier molecular flexibility index (Phi) is 4.71. The minimum absolute atomic E-state index is 0.669. The molecule has 0 spiro atoms. The topological polar surface area (TPSA) is 23.8 Å². The van der Waals surface area contributed by atoms with Crippen molar-refractivity contribution in [1.29, 1.82) is 5.26 Å². The van der Waals surface area contributed by atoms with E-state index < -0.39 is 0 Å². The molecule has 1 nitrogen and oxygen atoms in total. The molecule has 2 aromatic rings. The highest BCUT2D eigenvalue weighted by atomic mass is 79.9. The zero-order valence-electron chi connectivity index (χ0n) is 9.36. The molecule has 2 rings (SSSR count). The molecular formula is C14H9BrClNS. The van der Waals surface area contributed by atoms with Gasteiger partial charge < -0.3 is 0 Å². The summed E-state index contributed by atoms with van der Waals surface area (Å²) in [5, 5.41) is 9.66. The van der Waals surface area contributed by atoms with Crippen LogP contribution in [0.5, 0.6) is 0 Å². The highest BCUT2D eigenvalue weighted by molar-refractivity contribution is 9.10. The van der Waals surface area contributed by atoms with Gasteiger partial charge in [-0.05, 0) is 35.9 Å². The molecule has 0 aliphatic heterocycles. The van der Waals surface area contributed by atoms with Gasteiger partial charge in [0.1, 0.15) is 0 Å². The molecule has 0 radical (unpaired) electrons. The van der Waals surface area contributed by atoms with Crippen LogP contribution in [0.4, 0.5) is 0 Å². The number of nitriles is 1. The van der Waals surface area contributed by atoms with Crippen molar-refractivity contribution in [1.82, 2.24) is 0 Å². The molecule has 0 aliphatic carbocycles. The molecule has 0 heterocycles. The van der Waals surface area contributed by atoms with Gasteiger partial charge in [0.05, 0.1) is 11.6 Å². The molecule has 90 valence electrons. The van der Waals surface area contributed by atoms with Crippen molar-refractivity contribution in [2.24, 2.45) is 0 Å². The second kappa shape index (κ2) is 6.29. The largest absolute Gasteiger partial charge is 0.192 e. The Bertz CT molecular complexity index is 590. The van der Waals surface area contributed by atoms with Crippen LogP contribution in [0.2, 0.25) is 5.02 Å². The normalized spacial score (nSPS) is 10.1. The molecule has 4 heteroatoms. The van der Waals surface area contributed by atoms with Crippen LogP contribution in [0.1, 0.15) is 11.1 Å². The first-order chi connectivity index (χ1) is 8.67. The van der Waals surface area contributed by atoms with E-state index in [1.807, 2.05) is 42.5 Å². The third-order valence-corrected chi connectivity index (χ3v) is 4.08. The van der Waals surface area contributed by atoms with Crippen molar-refractivity contribution in [3.05, 3.63) is 63.1 Å². The summed E-state index contributed by atoms with van der Waals surface area (Å²) in [6.45, 7) is 0. The SMILES string of the molecule is N#Cc1cc(Br)cc(SCc2ccc(Cl)cc2)c1. The smallest absolute Gasteiger partial charge is 0.0992 e. The Balaban J connectivity index is 2.08. The summed E-state index contributed by atoms with van der Waals surface area (Å²) in [5.41, 5.74) is 1.88. The van der Waals surface area contributed by atoms with E-state index in [1.165, 1.54) is 5.56 Å². The van der Waals surface area contributed by atoms with Crippen LogP contribution in [0.25, 0.3) is 0 Å². The summed E-state index contributed by atoms with van der Waals surface area (Å²) >= 11 is 10.9. The lowest BCUT2D eigenvalue weighted by molar-refractivity contribution is 1.35. The van der Waals surface area contributed by atoms with E-state index in [0.29, 0.717) is 5.56 Å². The summed E-state index contributed by atoms with van der Waals surface area (Å²) in [7, 11) is 0. The van der Waals surface area contributed by atoms with Gasteiger partial charge in [0.15, 0.2) is 0 Å². The van der Waals surface area contributed by atoms with Gasteiger partial charge in [0.25, 0.3) is 0 Å². The minimum Gasteiger partial charge on any atom is -0.192 e. The Hall–Kier alpha value is -0.950. The van der Waals surface area contributed by atoms with E-state index in [-0.39, 0.29) is 0 Å². The monoisotopic (exact) mass is 337 g/mol. The van der Waals surface area contributed by atoms with Crippen molar-refractivity contribution < 1.29 is 0 Å². The van der Waals surface area contributed by atoms with Gasteiger partial charge in [0.2, 0.25) is 0 Å². The minimum atomic E-state index is 0.669. The second-order valence-electron chi connectivity index (χ2n) is 3.70. The number of hydrogen-bond donors (Lipinski definition) is 0. The number of benzene rings is 2. The Labute approximate surface area is 124 Å². The summed E-state index contributed by atoms with van der Waals surface area (Å²) < 4.78 is 0.931. The van der Waals surface area contributed by atoms with Crippen molar-refractivity contribution in [2.75, 3.05) is 0 Å². The Morgan fingerprint density at radius 2 is 1.89 bits per heavy atom. The molecule has 0 aliphatic rings. The van der Waals surface area contributed by atoms with Gasteiger partial charge in [-0.3, -0.25) is 0 Å². The fourth-order valence-corrected chi connectivity index (χ4v) is 3.18. The number of hydrogen-bond acceptors (Lipinski definition) is 2. The fraction of sp³-hybridized carbons (Fsp3) is 0.0714. The molecule has 18 heavy (non-hydrogen) atoms.